The third-order valence-corrected chi connectivity index (χ3v) is 5.89. The van der Waals surface area contributed by atoms with E-state index in [4.69, 9.17) is 4.74 Å². The first-order valence-corrected chi connectivity index (χ1v) is 8.06. The van der Waals surface area contributed by atoms with Gasteiger partial charge in [-0.1, -0.05) is 0 Å². The maximum absolute atomic E-state index is 11.2. The molecule has 0 radical (unpaired) electrons. The van der Waals surface area contributed by atoms with Crippen LogP contribution >= 0.6 is 0 Å². The molecule has 0 heterocycles. The van der Waals surface area contributed by atoms with Gasteiger partial charge in [-0.2, -0.15) is 0 Å². The SMILES string of the molecule is COc1ccc([I-]c2ccccc2C(=O)O)c(CO)c1. The molecule has 0 bridgehead atoms. The Bertz CT molecular complexity index is 625. The number of carbonyl (C=O) groups is 1. The van der Waals surface area contributed by atoms with Crippen LogP contribution in [-0.2, 0) is 6.61 Å². The number of carboxylic acids is 1. The van der Waals surface area contributed by atoms with Gasteiger partial charge in [0.2, 0.25) is 0 Å². The van der Waals surface area contributed by atoms with Crippen molar-refractivity contribution >= 4 is 5.97 Å². The van der Waals surface area contributed by atoms with E-state index in [0.717, 1.165) is 12.7 Å². The van der Waals surface area contributed by atoms with Crippen molar-refractivity contribution in [2.45, 2.75) is 6.61 Å². The van der Waals surface area contributed by atoms with Crippen molar-refractivity contribution in [3.05, 3.63) is 60.7 Å². The van der Waals surface area contributed by atoms with Crippen molar-refractivity contribution < 1.29 is 40.9 Å². The monoisotopic (exact) mass is 385 g/mol. The van der Waals surface area contributed by atoms with E-state index in [0.29, 0.717) is 11.3 Å². The molecule has 0 saturated carbocycles. The number of ether oxygens (including phenoxy) is 1. The number of aliphatic hydroxyl groups is 1. The fraction of sp³-hybridized carbons (Fsp3) is 0.133. The van der Waals surface area contributed by atoms with Gasteiger partial charge >= 0.3 is 127 Å². The minimum absolute atomic E-state index is 0.0819. The Hall–Kier alpha value is -1.60. The normalized spacial score (nSPS) is 10.5. The molecule has 0 aliphatic carbocycles. The van der Waals surface area contributed by atoms with Gasteiger partial charge in [0.25, 0.3) is 0 Å². The van der Waals surface area contributed by atoms with Gasteiger partial charge in [0.1, 0.15) is 0 Å². The molecule has 0 aliphatic heterocycles. The molecule has 2 N–H and O–H groups in total. The van der Waals surface area contributed by atoms with Crippen LogP contribution in [0.2, 0.25) is 0 Å². The quantitative estimate of drug-likeness (QED) is 0.650. The van der Waals surface area contributed by atoms with Crippen molar-refractivity contribution in [2.75, 3.05) is 7.11 Å². The van der Waals surface area contributed by atoms with Gasteiger partial charge in [0, 0.05) is 0 Å². The van der Waals surface area contributed by atoms with Crippen LogP contribution in [0.15, 0.2) is 42.5 Å². The number of hydrogen-bond donors (Lipinski definition) is 2. The van der Waals surface area contributed by atoms with Crippen molar-refractivity contribution in [1.29, 1.82) is 0 Å². The topological polar surface area (TPSA) is 66.8 Å². The molecule has 0 unspecified atom stereocenters. The van der Waals surface area contributed by atoms with Crippen LogP contribution in [0.1, 0.15) is 15.9 Å². The second-order valence-corrected chi connectivity index (χ2v) is 6.86. The molecule has 0 amide bonds. The zero-order valence-electron chi connectivity index (χ0n) is 10.8. The Morgan fingerprint density at radius 1 is 1.20 bits per heavy atom. The number of methoxy groups -OCH3 is 1. The van der Waals surface area contributed by atoms with Crippen molar-refractivity contribution in [3.63, 3.8) is 0 Å². The van der Waals surface area contributed by atoms with Gasteiger partial charge in [-0.05, 0) is 0 Å². The average Bonchev–Trinajstić information content (AvgIpc) is 2.48. The molecule has 5 heteroatoms. The van der Waals surface area contributed by atoms with Crippen LogP contribution in [0, 0.1) is 7.14 Å². The third-order valence-electron chi connectivity index (χ3n) is 2.73. The number of hydrogen-bond acceptors (Lipinski definition) is 3. The summed E-state index contributed by atoms with van der Waals surface area (Å²) in [6.07, 6.45) is 0. The Labute approximate surface area is 127 Å². The van der Waals surface area contributed by atoms with Crippen LogP contribution in [0.25, 0.3) is 0 Å². The number of aliphatic hydroxyl groups excluding tert-OH is 1. The summed E-state index contributed by atoms with van der Waals surface area (Å²) in [4.78, 5) is 11.2. The molecule has 0 aromatic heterocycles. The van der Waals surface area contributed by atoms with Crippen LogP contribution in [0.3, 0.4) is 0 Å². The van der Waals surface area contributed by atoms with E-state index in [2.05, 4.69) is 0 Å². The van der Waals surface area contributed by atoms with Gasteiger partial charge in [0.05, 0.1) is 0 Å². The second-order valence-electron chi connectivity index (χ2n) is 3.99. The summed E-state index contributed by atoms with van der Waals surface area (Å²) in [5.74, 6) is -0.229. The van der Waals surface area contributed by atoms with Gasteiger partial charge in [0.15, 0.2) is 0 Å². The summed E-state index contributed by atoms with van der Waals surface area (Å²) in [5, 5.41) is 18.6. The van der Waals surface area contributed by atoms with E-state index in [1.54, 1.807) is 25.3 Å². The molecule has 20 heavy (non-hydrogen) atoms. The van der Waals surface area contributed by atoms with Crippen molar-refractivity contribution in [1.82, 2.24) is 0 Å². The summed E-state index contributed by atoms with van der Waals surface area (Å²) in [7, 11) is 1.57. The van der Waals surface area contributed by atoms with Crippen LogP contribution in [0.4, 0.5) is 0 Å². The fourth-order valence-corrected chi connectivity index (χ4v) is 4.46. The average molecular weight is 385 g/mol. The van der Waals surface area contributed by atoms with Crippen LogP contribution < -0.4 is 25.9 Å². The Kier molecular flexibility index (Phi) is 4.97. The molecule has 0 atom stereocenters. The molecule has 2 rings (SSSR count). The maximum atomic E-state index is 11.2. The van der Waals surface area contributed by atoms with Crippen molar-refractivity contribution in [3.8, 4) is 5.75 Å². The van der Waals surface area contributed by atoms with E-state index >= 15 is 0 Å². The molecular formula is C15H14IO4-. The summed E-state index contributed by atoms with van der Waals surface area (Å²) in [6.45, 7) is -0.0819. The molecular weight excluding hydrogens is 371 g/mol. The first kappa shape index (κ1) is 14.8. The number of aromatic carboxylic acids is 1. The molecule has 0 saturated heterocycles. The number of rotatable bonds is 5. The van der Waals surface area contributed by atoms with E-state index in [1.165, 1.54) is 0 Å². The Morgan fingerprint density at radius 3 is 2.60 bits per heavy atom. The standard InChI is InChI=1S/C15H14IO4/c1-20-11-6-7-13(10(8-11)9-17)16-14-5-3-2-4-12(14)15(18)19/h2-8,17H,9H2,1H3,(H,18,19)/q-1. The van der Waals surface area contributed by atoms with E-state index in [1.807, 2.05) is 24.3 Å². The van der Waals surface area contributed by atoms with E-state index in [9.17, 15) is 15.0 Å². The minimum atomic E-state index is -0.917. The van der Waals surface area contributed by atoms with Gasteiger partial charge in [-0.15, -0.1) is 0 Å². The van der Waals surface area contributed by atoms with Gasteiger partial charge in [-0.25, -0.2) is 0 Å². The molecule has 4 nitrogen and oxygen atoms in total. The summed E-state index contributed by atoms with van der Waals surface area (Å²) in [5.41, 5.74) is 1.12. The first-order valence-electron chi connectivity index (χ1n) is 5.90. The van der Waals surface area contributed by atoms with Gasteiger partial charge in [-0.3, -0.25) is 0 Å². The Morgan fingerprint density at radius 2 is 1.95 bits per heavy atom. The Balaban J connectivity index is 2.37. The molecule has 2 aromatic carbocycles. The summed E-state index contributed by atoms with van der Waals surface area (Å²) >= 11 is -0.669. The molecule has 0 spiro atoms. The van der Waals surface area contributed by atoms with Crippen molar-refractivity contribution in [2.24, 2.45) is 0 Å². The zero-order chi connectivity index (χ0) is 14.5. The van der Waals surface area contributed by atoms with Crippen LogP contribution in [-0.4, -0.2) is 23.3 Å². The summed E-state index contributed by atoms with van der Waals surface area (Å²) in [6, 6.07) is 12.5. The number of benzene rings is 2. The van der Waals surface area contributed by atoms with Gasteiger partial charge < -0.3 is 0 Å². The van der Waals surface area contributed by atoms with E-state index < -0.39 is 27.2 Å². The number of carboxylic acid groups (broad SMARTS) is 1. The predicted molar refractivity (Wildman–Crippen MR) is 69.7 cm³/mol. The first-order chi connectivity index (χ1) is 9.65. The molecule has 0 fully saturated rings. The number of halogens is 1. The summed E-state index contributed by atoms with van der Waals surface area (Å²) < 4.78 is 6.96. The molecule has 2 aromatic rings. The second kappa shape index (κ2) is 6.71. The molecule has 106 valence electrons. The molecule has 0 aliphatic rings. The third kappa shape index (κ3) is 3.29. The predicted octanol–water partition coefficient (Wildman–Crippen LogP) is -0.986. The zero-order valence-corrected chi connectivity index (χ0v) is 13.0. The van der Waals surface area contributed by atoms with Crippen LogP contribution in [0.5, 0.6) is 5.75 Å². The fourth-order valence-electron chi connectivity index (χ4n) is 1.72. The van der Waals surface area contributed by atoms with E-state index in [-0.39, 0.29) is 6.61 Å².